The molecule has 0 saturated carbocycles. The summed E-state index contributed by atoms with van der Waals surface area (Å²) < 4.78 is 5.97. The molecule has 0 spiro atoms. The highest BCUT2D eigenvalue weighted by molar-refractivity contribution is 5.75. The van der Waals surface area contributed by atoms with E-state index in [0.29, 0.717) is 18.3 Å². The summed E-state index contributed by atoms with van der Waals surface area (Å²) in [5, 5.41) is 29.3. The number of aliphatic carboxylic acids is 1. The van der Waals surface area contributed by atoms with Gasteiger partial charge in [0.25, 0.3) is 0 Å². The van der Waals surface area contributed by atoms with E-state index >= 15 is 0 Å². The smallest absolute Gasteiger partial charge is 0.323 e. The molecule has 0 radical (unpaired) electrons. The first-order chi connectivity index (χ1) is 15.6. The molecule has 0 aliphatic carbocycles. The Balaban J connectivity index is 1.53. The summed E-state index contributed by atoms with van der Waals surface area (Å²) in [4.78, 5) is 11.0. The van der Waals surface area contributed by atoms with Crippen LogP contribution in [-0.4, -0.2) is 39.0 Å². The lowest BCUT2D eigenvalue weighted by molar-refractivity contribution is -0.140. The Morgan fingerprint density at radius 3 is 2.28 bits per heavy atom. The zero-order valence-corrected chi connectivity index (χ0v) is 17.5. The molecule has 162 valence electrons. The van der Waals surface area contributed by atoms with Crippen LogP contribution >= 0.6 is 0 Å². The van der Waals surface area contributed by atoms with Crippen LogP contribution in [0, 0.1) is 6.92 Å². The predicted octanol–water partition coefficient (Wildman–Crippen LogP) is 3.91. The van der Waals surface area contributed by atoms with E-state index in [4.69, 9.17) is 14.6 Å². The first kappa shape index (κ1) is 21.4. The average Bonchev–Trinajstić information content (AvgIpc) is 3.30. The lowest BCUT2D eigenvalue weighted by Crippen LogP contribution is -2.39. The third-order valence-electron chi connectivity index (χ3n) is 5.31. The molecule has 4 rings (SSSR count). The summed E-state index contributed by atoms with van der Waals surface area (Å²) in [6.45, 7) is 1.89. The van der Waals surface area contributed by atoms with E-state index in [0.717, 1.165) is 33.4 Å². The number of nitrogens with one attached hydrogen (secondary N) is 1. The van der Waals surface area contributed by atoms with Crippen LogP contribution in [0.2, 0.25) is 0 Å². The van der Waals surface area contributed by atoms with Crippen LogP contribution in [0.5, 0.6) is 0 Å². The Morgan fingerprint density at radius 2 is 1.59 bits per heavy atom. The van der Waals surface area contributed by atoms with Crippen molar-refractivity contribution in [2.75, 3.05) is 6.61 Å². The number of carboxylic acid groups (broad SMARTS) is 1. The van der Waals surface area contributed by atoms with Gasteiger partial charge in [0.15, 0.2) is 0 Å². The molecule has 0 saturated heterocycles. The molecule has 4 aromatic rings. The van der Waals surface area contributed by atoms with Gasteiger partial charge in [-0.25, -0.2) is 0 Å². The van der Waals surface area contributed by atoms with Gasteiger partial charge in [0, 0.05) is 17.7 Å². The molecular formula is C25H23N3O4. The number of aliphatic hydroxyl groups is 1. The molecule has 1 atom stereocenters. The summed E-state index contributed by atoms with van der Waals surface area (Å²) in [5.41, 5.74) is 5.83. The van der Waals surface area contributed by atoms with Gasteiger partial charge in [0.2, 0.25) is 11.8 Å². The Labute approximate surface area is 185 Å². The number of carbonyl (C=O) groups is 1. The molecule has 0 amide bonds. The molecule has 0 unspecified atom stereocenters. The van der Waals surface area contributed by atoms with Crippen molar-refractivity contribution in [1.82, 2.24) is 15.5 Å². The maximum Gasteiger partial charge on any atom is 0.323 e. The lowest BCUT2D eigenvalue weighted by atomic mass is 9.96. The number of hydrogen-bond acceptors (Lipinski definition) is 6. The molecule has 3 N–H and O–H groups in total. The van der Waals surface area contributed by atoms with Gasteiger partial charge in [-0.05, 0) is 47.4 Å². The van der Waals surface area contributed by atoms with Gasteiger partial charge in [-0.3, -0.25) is 10.1 Å². The zero-order valence-electron chi connectivity index (χ0n) is 17.5. The Hall–Kier alpha value is -3.81. The number of carboxylic acids is 1. The molecule has 0 fully saturated rings. The van der Waals surface area contributed by atoms with E-state index in [1.54, 1.807) is 0 Å². The minimum atomic E-state index is -1.09. The lowest BCUT2D eigenvalue weighted by Gasteiger charge is -2.11. The molecule has 0 aliphatic rings. The summed E-state index contributed by atoms with van der Waals surface area (Å²) >= 11 is 0. The van der Waals surface area contributed by atoms with E-state index in [-0.39, 0.29) is 0 Å². The van der Waals surface area contributed by atoms with Gasteiger partial charge < -0.3 is 14.6 Å². The van der Waals surface area contributed by atoms with Gasteiger partial charge in [-0.1, -0.05) is 54.6 Å². The highest BCUT2D eigenvalue weighted by Crippen LogP contribution is 2.32. The molecule has 0 bridgehead atoms. The third kappa shape index (κ3) is 4.59. The summed E-state index contributed by atoms with van der Waals surface area (Å²) in [6, 6.07) is 22.6. The normalized spacial score (nSPS) is 11.9. The van der Waals surface area contributed by atoms with Crippen LogP contribution in [0.1, 0.15) is 11.1 Å². The van der Waals surface area contributed by atoms with Crippen molar-refractivity contribution in [3.05, 3.63) is 83.9 Å². The van der Waals surface area contributed by atoms with Crippen LogP contribution in [0.3, 0.4) is 0 Å². The van der Waals surface area contributed by atoms with Crippen molar-refractivity contribution in [2.45, 2.75) is 19.5 Å². The van der Waals surface area contributed by atoms with Crippen LogP contribution in [0.15, 0.2) is 77.2 Å². The summed E-state index contributed by atoms with van der Waals surface area (Å²) in [6.07, 6.45) is 0. The quantitative estimate of drug-likeness (QED) is 0.390. The highest BCUT2D eigenvalue weighted by Gasteiger charge is 2.16. The maximum absolute atomic E-state index is 11.0. The number of nitrogens with zero attached hydrogens (tertiary/aromatic N) is 2. The SMILES string of the molecule is Cc1c(-c2ccccc2)cccc1-c1nnc(-c2ccc(CN[C@@H](CO)C(=O)O)cc2)o1. The topological polar surface area (TPSA) is 108 Å². The summed E-state index contributed by atoms with van der Waals surface area (Å²) in [5.74, 6) is -0.231. The number of benzene rings is 3. The monoisotopic (exact) mass is 429 g/mol. The fraction of sp³-hybridized carbons (Fsp3) is 0.160. The van der Waals surface area contributed by atoms with E-state index in [1.165, 1.54) is 0 Å². The van der Waals surface area contributed by atoms with E-state index in [9.17, 15) is 4.79 Å². The molecule has 32 heavy (non-hydrogen) atoms. The Morgan fingerprint density at radius 1 is 0.906 bits per heavy atom. The van der Waals surface area contributed by atoms with E-state index < -0.39 is 18.6 Å². The molecular weight excluding hydrogens is 406 g/mol. The number of aromatic nitrogens is 2. The fourth-order valence-electron chi connectivity index (χ4n) is 3.48. The maximum atomic E-state index is 11.0. The predicted molar refractivity (Wildman–Crippen MR) is 121 cm³/mol. The van der Waals surface area contributed by atoms with Crippen molar-refractivity contribution in [3.63, 3.8) is 0 Å². The largest absolute Gasteiger partial charge is 0.480 e. The van der Waals surface area contributed by atoms with Crippen molar-refractivity contribution >= 4 is 5.97 Å². The van der Waals surface area contributed by atoms with Gasteiger partial charge >= 0.3 is 5.97 Å². The van der Waals surface area contributed by atoms with Crippen LogP contribution in [0.25, 0.3) is 34.0 Å². The van der Waals surface area contributed by atoms with Gasteiger partial charge in [-0.15, -0.1) is 10.2 Å². The Kier molecular flexibility index (Phi) is 6.39. The second kappa shape index (κ2) is 9.55. The first-order valence-corrected chi connectivity index (χ1v) is 10.2. The number of aliphatic hydroxyl groups excluding tert-OH is 1. The van der Waals surface area contributed by atoms with Gasteiger partial charge in [-0.2, -0.15) is 0 Å². The minimum Gasteiger partial charge on any atom is -0.480 e. The second-order valence-corrected chi connectivity index (χ2v) is 7.41. The molecule has 3 aromatic carbocycles. The van der Waals surface area contributed by atoms with Gasteiger partial charge in [0.1, 0.15) is 6.04 Å². The average molecular weight is 429 g/mol. The van der Waals surface area contributed by atoms with Crippen molar-refractivity contribution in [1.29, 1.82) is 0 Å². The van der Waals surface area contributed by atoms with Crippen LogP contribution in [0.4, 0.5) is 0 Å². The van der Waals surface area contributed by atoms with Crippen molar-refractivity contribution in [3.8, 4) is 34.0 Å². The summed E-state index contributed by atoms with van der Waals surface area (Å²) in [7, 11) is 0. The third-order valence-corrected chi connectivity index (χ3v) is 5.31. The molecule has 1 aromatic heterocycles. The van der Waals surface area contributed by atoms with Gasteiger partial charge in [0.05, 0.1) is 6.61 Å². The first-order valence-electron chi connectivity index (χ1n) is 10.2. The van der Waals surface area contributed by atoms with E-state index in [2.05, 4.69) is 33.7 Å². The molecule has 7 nitrogen and oxygen atoms in total. The standard InChI is InChI=1S/C25H23N3O4/c1-16-20(18-6-3-2-4-7-18)8-5-9-21(16)24-28-27-23(32-24)19-12-10-17(11-13-19)14-26-22(15-29)25(30)31/h2-13,22,26,29H,14-15H2,1H3,(H,30,31)/t22-/m0/s1. The van der Waals surface area contributed by atoms with Crippen LogP contribution in [-0.2, 0) is 11.3 Å². The highest BCUT2D eigenvalue weighted by atomic mass is 16.4. The molecule has 0 aliphatic heterocycles. The number of rotatable bonds is 8. The van der Waals surface area contributed by atoms with Crippen molar-refractivity contribution in [2.24, 2.45) is 0 Å². The van der Waals surface area contributed by atoms with Crippen molar-refractivity contribution < 1.29 is 19.4 Å². The van der Waals surface area contributed by atoms with Crippen LogP contribution < -0.4 is 5.32 Å². The number of hydrogen-bond donors (Lipinski definition) is 3. The minimum absolute atomic E-state index is 0.318. The Bertz CT molecular complexity index is 1200. The zero-order chi connectivity index (χ0) is 22.5. The fourth-order valence-corrected chi connectivity index (χ4v) is 3.48. The molecule has 7 heteroatoms. The van der Waals surface area contributed by atoms with E-state index in [1.807, 2.05) is 61.5 Å². The second-order valence-electron chi connectivity index (χ2n) is 7.41. The molecule has 1 heterocycles.